The molecule has 0 saturated carbocycles. The largest absolute Gasteiger partial charge is 0.453 e. The van der Waals surface area contributed by atoms with E-state index in [2.05, 4.69) is 16.0 Å². The Bertz CT molecular complexity index is 2000. The Morgan fingerprint density at radius 3 is 2.29 bits per heavy atom. The van der Waals surface area contributed by atoms with Gasteiger partial charge in [-0.15, -0.1) is 0 Å². The molecule has 1 heterocycles. The molecule has 0 radical (unpaired) electrons. The second kappa shape index (κ2) is 16.9. The van der Waals surface area contributed by atoms with Crippen LogP contribution in [0.1, 0.15) is 42.4 Å². The minimum absolute atomic E-state index is 0.00967. The Labute approximate surface area is 304 Å². The van der Waals surface area contributed by atoms with Crippen molar-refractivity contribution in [2.24, 2.45) is 0 Å². The van der Waals surface area contributed by atoms with Crippen molar-refractivity contribution in [3.05, 3.63) is 130 Å². The first-order chi connectivity index (χ1) is 24.8. The van der Waals surface area contributed by atoms with Crippen molar-refractivity contribution < 1.29 is 40.3 Å². The van der Waals surface area contributed by atoms with Gasteiger partial charge in [-0.25, -0.2) is 30.8 Å². The minimum atomic E-state index is -3.98. The second-order valence-electron chi connectivity index (χ2n) is 12.4. The summed E-state index contributed by atoms with van der Waals surface area (Å²) in [6.45, 7) is 2.56. The van der Waals surface area contributed by atoms with Gasteiger partial charge in [0.15, 0.2) is 0 Å². The number of sulfonamides is 1. The van der Waals surface area contributed by atoms with Gasteiger partial charge >= 0.3 is 6.09 Å². The second-order valence-corrected chi connectivity index (χ2v) is 14.6. The Morgan fingerprint density at radius 2 is 1.62 bits per heavy atom. The molecule has 3 N–H and O–H groups in total. The van der Waals surface area contributed by atoms with Crippen LogP contribution in [-0.2, 0) is 26.0 Å². The van der Waals surface area contributed by atoms with Crippen molar-refractivity contribution in [3.8, 4) is 0 Å². The van der Waals surface area contributed by atoms with Crippen molar-refractivity contribution in [2.75, 3.05) is 25.5 Å². The Morgan fingerprint density at radius 1 is 0.923 bits per heavy atom. The molecule has 1 aliphatic heterocycles. The number of nitrogens with zero attached hydrogens (tertiary/aromatic N) is 1. The zero-order valence-electron chi connectivity index (χ0n) is 28.2. The number of carbonyl (C=O) groups is 2. The topological polar surface area (TPSA) is 117 Å². The van der Waals surface area contributed by atoms with E-state index in [1.165, 1.54) is 46.8 Å². The Kier molecular flexibility index (Phi) is 12.6. The molecule has 0 aliphatic carbocycles. The number of benzene rings is 4. The molecule has 2 amide bonds. The predicted octanol–water partition coefficient (Wildman–Crippen LogP) is 6.77. The number of carbonyl (C=O) groups excluding carboxylic acids is 2. The number of alkyl carbamates (subject to hydrolysis) is 1. The predicted molar refractivity (Wildman–Crippen MR) is 188 cm³/mol. The van der Waals surface area contributed by atoms with Gasteiger partial charge in [-0.3, -0.25) is 4.79 Å². The molecule has 15 heteroatoms. The molecule has 0 bridgehead atoms. The molecule has 276 valence electrons. The van der Waals surface area contributed by atoms with Crippen LogP contribution in [-0.4, -0.2) is 63.0 Å². The van der Waals surface area contributed by atoms with Gasteiger partial charge in [-0.05, 0) is 85.8 Å². The SMILES string of the molecule is COC(=O)N[C@H](C(=O)Nc1cccc(F)c1CCC[C@H]1CNC[C@@H](C)N1S(=O)(=O)c1ccccc1Cl)[C@@H](c1ccc(F)cc1)c1cc(F)cc(F)c1. The van der Waals surface area contributed by atoms with Crippen LogP contribution in [0.5, 0.6) is 0 Å². The Balaban J connectivity index is 1.42. The number of anilines is 1. The third-order valence-electron chi connectivity index (χ3n) is 8.89. The van der Waals surface area contributed by atoms with Gasteiger partial charge in [0.2, 0.25) is 15.9 Å². The average Bonchev–Trinajstić information content (AvgIpc) is 3.09. The molecular weight excluding hydrogens is 724 g/mol. The van der Waals surface area contributed by atoms with Gasteiger partial charge in [0.25, 0.3) is 0 Å². The number of rotatable bonds is 12. The smallest absolute Gasteiger partial charge is 0.407 e. The number of piperazine rings is 1. The highest BCUT2D eigenvalue weighted by atomic mass is 35.5. The van der Waals surface area contributed by atoms with Crippen molar-refractivity contribution in [2.45, 2.75) is 55.1 Å². The molecule has 0 spiro atoms. The van der Waals surface area contributed by atoms with E-state index in [0.717, 1.165) is 31.4 Å². The normalized spacial score (nSPS) is 17.6. The molecule has 4 aromatic rings. The number of ether oxygens (including phenoxy) is 1. The molecule has 1 aliphatic rings. The number of halogens is 5. The monoisotopic (exact) mass is 760 g/mol. The van der Waals surface area contributed by atoms with Crippen molar-refractivity contribution in [1.29, 1.82) is 0 Å². The lowest BCUT2D eigenvalue weighted by molar-refractivity contribution is -0.118. The lowest BCUT2D eigenvalue weighted by Crippen LogP contribution is -2.58. The standard InChI is InChI=1S/C37H37ClF4N4O5S/c1-22-20-43-21-28(46(22)52(49,50)33-12-4-3-9-30(33)38)7-5-8-29-31(42)10-6-11-32(29)44-36(47)35(45-37(48)51-2)34(23-13-15-25(39)16-14-23)24-17-26(40)19-27(41)18-24/h3-4,6,9-19,22,28,34-35,43H,5,7-8,20-21H2,1-2H3,(H,44,47)(H,45,48)/t22-,28+,34+,35+/m1/s1. The Hall–Kier alpha value is -4.50. The van der Waals surface area contributed by atoms with Crippen LogP contribution >= 0.6 is 11.6 Å². The first kappa shape index (κ1) is 38.7. The lowest BCUT2D eigenvalue weighted by atomic mass is 9.84. The van der Waals surface area contributed by atoms with Crippen molar-refractivity contribution in [3.63, 3.8) is 0 Å². The first-order valence-electron chi connectivity index (χ1n) is 16.4. The van der Waals surface area contributed by atoms with Crippen LogP contribution < -0.4 is 16.0 Å². The van der Waals surface area contributed by atoms with Crippen LogP contribution in [0, 0.1) is 23.3 Å². The molecular formula is C37H37ClF4N4O5S. The summed E-state index contributed by atoms with van der Waals surface area (Å²) in [5, 5.41) is 8.42. The van der Waals surface area contributed by atoms with E-state index in [0.29, 0.717) is 32.0 Å². The van der Waals surface area contributed by atoms with E-state index in [1.807, 2.05) is 0 Å². The summed E-state index contributed by atoms with van der Waals surface area (Å²) in [7, 11) is -2.92. The average molecular weight is 761 g/mol. The zero-order valence-corrected chi connectivity index (χ0v) is 29.8. The highest BCUT2D eigenvalue weighted by molar-refractivity contribution is 7.89. The summed E-state index contributed by atoms with van der Waals surface area (Å²) >= 11 is 6.28. The van der Waals surface area contributed by atoms with Crippen LogP contribution in [0.3, 0.4) is 0 Å². The summed E-state index contributed by atoms with van der Waals surface area (Å²) in [6, 6.07) is 15.2. The number of hydrogen-bond acceptors (Lipinski definition) is 6. The lowest BCUT2D eigenvalue weighted by Gasteiger charge is -2.40. The molecule has 0 unspecified atom stereocenters. The van der Waals surface area contributed by atoms with E-state index < -0.39 is 69.3 Å². The molecule has 0 aromatic heterocycles. The van der Waals surface area contributed by atoms with E-state index >= 15 is 4.39 Å². The minimum Gasteiger partial charge on any atom is -0.453 e. The first-order valence-corrected chi connectivity index (χ1v) is 18.2. The van der Waals surface area contributed by atoms with Gasteiger partial charge in [0.1, 0.15) is 34.2 Å². The van der Waals surface area contributed by atoms with Gasteiger partial charge in [0.05, 0.1) is 12.1 Å². The van der Waals surface area contributed by atoms with Crippen LogP contribution in [0.15, 0.2) is 89.8 Å². The fourth-order valence-corrected chi connectivity index (χ4v) is 8.91. The van der Waals surface area contributed by atoms with E-state index in [9.17, 15) is 31.2 Å². The molecule has 52 heavy (non-hydrogen) atoms. The fraction of sp³-hybridized carbons (Fsp3) is 0.297. The number of amides is 2. The van der Waals surface area contributed by atoms with Crippen LogP contribution in [0.2, 0.25) is 5.02 Å². The summed E-state index contributed by atoms with van der Waals surface area (Å²) in [4.78, 5) is 26.6. The summed E-state index contributed by atoms with van der Waals surface area (Å²) in [6.07, 6.45) is -0.330. The maximum Gasteiger partial charge on any atom is 0.407 e. The summed E-state index contributed by atoms with van der Waals surface area (Å²) in [5.41, 5.74) is 0.349. The van der Waals surface area contributed by atoms with Gasteiger partial charge < -0.3 is 20.7 Å². The van der Waals surface area contributed by atoms with Crippen molar-refractivity contribution >= 4 is 39.3 Å². The van der Waals surface area contributed by atoms with Gasteiger partial charge in [-0.1, -0.05) is 41.9 Å². The fourth-order valence-electron chi connectivity index (χ4n) is 6.57. The molecule has 5 rings (SSSR count). The molecule has 9 nitrogen and oxygen atoms in total. The molecule has 4 aromatic carbocycles. The van der Waals surface area contributed by atoms with E-state index in [4.69, 9.17) is 16.3 Å². The van der Waals surface area contributed by atoms with E-state index in [-0.39, 0.29) is 38.7 Å². The summed E-state index contributed by atoms with van der Waals surface area (Å²) in [5.74, 6) is -5.30. The van der Waals surface area contributed by atoms with Gasteiger partial charge in [-0.2, -0.15) is 4.31 Å². The third kappa shape index (κ3) is 8.92. The molecule has 1 fully saturated rings. The number of hydrogen-bond donors (Lipinski definition) is 3. The highest BCUT2D eigenvalue weighted by Gasteiger charge is 2.39. The third-order valence-corrected chi connectivity index (χ3v) is 11.5. The zero-order chi connectivity index (χ0) is 37.6. The molecule has 1 saturated heterocycles. The highest BCUT2D eigenvalue weighted by Crippen LogP contribution is 2.33. The maximum atomic E-state index is 15.4. The molecule has 4 atom stereocenters. The quantitative estimate of drug-likeness (QED) is 0.138. The van der Waals surface area contributed by atoms with Crippen molar-refractivity contribution in [1.82, 2.24) is 14.9 Å². The van der Waals surface area contributed by atoms with Crippen LogP contribution in [0.4, 0.5) is 28.0 Å². The van der Waals surface area contributed by atoms with Gasteiger partial charge in [0, 0.05) is 48.4 Å². The summed E-state index contributed by atoms with van der Waals surface area (Å²) < 4.78 is 92.0. The number of nitrogens with one attached hydrogen (secondary N) is 3. The maximum absolute atomic E-state index is 15.4. The van der Waals surface area contributed by atoms with E-state index in [1.54, 1.807) is 19.1 Å². The van der Waals surface area contributed by atoms with Crippen LogP contribution in [0.25, 0.3) is 0 Å². The number of methoxy groups -OCH3 is 1.